The number of benzene rings is 9. The van der Waals surface area contributed by atoms with Crippen LogP contribution in [0.3, 0.4) is 0 Å². The molecule has 4 aromatic heterocycles. The standard InChI is InChI=1S/C54H33N3O/c1-2-14-35(15-3-1)55-48-23-11-6-18-40(48)44-32-37(30-31-50(44)55)57-49-24-12-7-20-42(49)52-53(57)43(33-45-41-19-8-13-25-51(41)58-54(45)52)34-26-28-36(29-27-34)56-46-21-9-4-16-38(46)39-17-5-10-22-47(39)56/h1-33H. The number of furan rings is 1. The first-order valence-corrected chi connectivity index (χ1v) is 19.9. The molecule has 58 heavy (non-hydrogen) atoms. The van der Waals surface area contributed by atoms with Crippen LogP contribution >= 0.6 is 0 Å². The number of fused-ring (bicyclic) bond motifs is 13. The Morgan fingerprint density at radius 2 is 0.793 bits per heavy atom. The minimum absolute atomic E-state index is 0.893. The van der Waals surface area contributed by atoms with Gasteiger partial charge in [-0.05, 0) is 84.4 Å². The Hall–Kier alpha value is -7.82. The van der Waals surface area contributed by atoms with Crippen molar-refractivity contribution in [3.8, 4) is 28.2 Å². The molecule has 0 aliphatic carbocycles. The van der Waals surface area contributed by atoms with Crippen LogP contribution < -0.4 is 0 Å². The van der Waals surface area contributed by atoms with Crippen LogP contribution in [0.25, 0.3) is 116 Å². The van der Waals surface area contributed by atoms with Crippen molar-refractivity contribution in [3.63, 3.8) is 0 Å². The molecule has 0 amide bonds. The van der Waals surface area contributed by atoms with E-state index in [-0.39, 0.29) is 0 Å². The summed E-state index contributed by atoms with van der Waals surface area (Å²) in [6.45, 7) is 0. The third-order valence-electron chi connectivity index (χ3n) is 12.2. The van der Waals surface area contributed by atoms with Crippen LogP contribution in [0.2, 0.25) is 0 Å². The molecule has 4 heterocycles. The van der Waals surface area contributed by atoms with Gasteiger partial charge in [-0.25, -0.2) is 0 Å². The van der Waals surface area contributed by atoms with E-state index in [1.165, 1.54) is 43.6 Å². The number of hydrogen-bond donors (Lipinski definition) is 0. The molecule has 13 aromatic rings. The summed E-state index contributed by atoms with van der Waals surface area (Å²) in [7, 11) is 0. The first-order chi connectivity index (χ1) is 28.8. The van der Waals surface area contributed by atoms with Gasteiger partial charge < -0.3 is 18.1 Å². The van der Waals surface area contributed by atoms with Gasteiger partial charge in [0.2, 0.25) is 0 Å². The highest BCUT2D eigenvalue weighted by Crippen LogP contribution is 2.46. The van der Waals surface area contributed by atoms with Gasteiger partial charge in [0.15, 0.2) is 0 Å². The van der Waals surface area contributed by atoms with E-state index in [4.69, 9.17) is 4.42 Å². The van der Waals surface area contributed by atoms with Gasteiger partial charge in [0.1, 0.15) is 11.2 Å². The van der Waals surface area contributed by atoms with E-state index in [0.717, 1.165) is 71.9 Å². The average Bonchev–Trinajstić information content (AvgIpc) is 4.03. The van der Waals surface area contributed by atoms with Gasteiger partial charge in [-0.2, -0.15) is 0 Å². The molecule has 0 spiro atoms. The van der Waals surface area contributed by atoms with E-state index < -0.39 is 0 Å². The van der Waals surface area contributed by atoms with Crippen molar-refractivity contribution in [1.29, 1.82) is 0 Å². The number of para-hydroxylation sites is 6. The highest BCUT2D eigenvalue weighted by atomic mass is 16.3. The second-order valence-corrected chi connectivity index (χ2v) is 15.3. The maximum atomic E-state index is 6.82. The predicted octanol–water partition coefficient (Wildman–Crippen LogP) is 14.5. The summed E-state index contributed by atoms with van der Waals surface area (Å²) >= 11 is 0. The zero-order valence-electron chi connectivity index (χ0n) is 31.3. The van der Waals surface area contributed by atoms with Crippen molar-refractivity contribution in [2.45, 2.75) is 0 Å². The Balaban J connectivity index is 1.11. The molecule has 0 bridgehead atoms. The zero-order chi connectivity index (χ0) is 37.9. The Kier molecular flexibility index (Phi) is 6.41. The lowest BCUT2D eigenvalue weighted by Gasteiger charge is -2.14. The van der Waals surface area contributed by atoms with E-state index in [1.54, 1.807) is 0 Å². The minimum atomic E-state index is 0.893. The predicted molar refractivity (Wildman–Crippen MR) is 242 cm³/mol. The maximum absolute atomic E-state index is 6.82. The Bertz CT molecular complexity index is 3730. The lowest BCUT2D eigenvalue weighted by atomic mass is 9.98. The van der Waals surface area contributed by atoms with Crippen molar-refractivity contribution in [2.24, 2.45) is 0 Å². The van der Waals surface area contributed by atoms with Crippen molar-refractivity contribution in [1.82, 2.24) is 13.7 Å². The van der Waals surface area contributed by atoms with Crippen LogP contribution in [0.4, 0.5) is 0 Å². The third-order valence-corrected chi connectivity index (χ3v) is 12.2. The van der Waals surface area contributed by atoms with Crippen molar-refractivity contribution >= 4 is 87.4 Å². The molecule has 0 saturated carbocycles. The molecule has 0 unspecified atom stereocenters. The quantitative estimate of drug-likeness (QED) is 0.177. The fraction of sp³-hybridized carbons (Fsp3) is 0. The van der Waals surface area contributed by atoms with Crippen molar-refractivity contribution < 1.29 is 4.42 Å². The van der Waals surface area contributed by atoms with Crippen molar-refractivity contribution in [3.05, 3.63) is 200 Å². The van der Waals surface area contributed by atoms with Gasteiger partial charge in [0.05, 0.1) is 38.5 Å². The van der Waals surface area contributed by atoms with Crippen molar-refractivity contribution in [2.75, 3.05) is 0 Å². The third kappa shape index (κ3) is 4.29. The molecule has 0 aliphatic heterocycles. The Morgan fingerprint density at radius 1 is 0.310 bits per heavy atom. The molecule has 9 aromatic carbocycles. The van der Waals surface area contributed by atoms with Crippen LogP contribution in [0, 0.1) is 0 Å². The highest BCUT2D eigenvalue weighted by molar-refractivity contribution is 6.27. The van der Waals surface area contributed by atoms with Crippen LogP contribution in [0.15, 0.2) is 205 Å². The maximum Gasteiger partial charge on any atom is 0.145 e. The van der Waals surface area contributed by atoms with Gasteiger partial charge >= 0.3 is 0 Å². The molecule has 0 saturated heterocycles. The fourth-order valence-electron chi connectivity index (χ4n) is 9.77. The molecule has 0 fully saturated rings. The highest BCUT2D eigenvalue weighted by Gasteiger charge is 2.24. The molecule has 4 heteroatoms. The lowest BCUT2D eigenvalue weighted by Crippen LogP contribution is -1.97. The van der Waals surface area contributed by atoms with E-state index >= 15 is 0 Å². The second-order valence-electron chi connectivity index (χ2n) is 15.3. The topological polar surface area (TPSA) is 27.9 Å². The smallest absolute Gasteiger partial charge is 0.145 e. The SMILES string of the molecule is c1ccc(-n2c3ccccc3c3cc(-n4c5ccccc5c5c6oc7ccccc7c6cc(-c6ccc(-n7c8ccccc8c8ccccc87)cc6)c54)ccc32)cc1. The van der Waals surface area contributed by atoms with E-state index in [1.807, 2.05) is 0 Å². The number of nitrogens with zero attached hydrogens (tertiary/aromatic N) is 3. The molecule has 0 radical (unpaired) electrons. The van der Waals surface area contributed by atoms with Gasteiger partial charge in [-0.3, -0.25) is 0 Å². The Labute approximate surface area is 332 Å². The lowest BCUT2D eigenvalue weighted by molar-refractivity contribution is 0.673. The van der Waals surface area contributed by atoms with Gasteiger partial charge in [-0.1, -0.05) is 121 Å². The molecule has 0 aliphatic rings. The van der Waals surface area contributed by atoms with Gasteiger partial charge in [0, 0.05) is 60.3 Å². The van der Waals surface area contributed by atoms with Crippen LogP contribution in [-0.2, 0) is 0 Å². The zero-order valence-corrected chi connectivity index (χ0v) is 31.3. The summed E-state index contributed by atoms with van der Waals surface area (Å²) in [5.74, 6) is 0. The second kappa shape index (κ2) is 11.8. The summed E-state index contributed by atoms with van der Waals surface area (Å²) < 4.78 is 14.0. The minimum Gasteiger partial charge on any atom is -0.455 e. The fourth-order valence-corrected chi connectivity index (χ4v) is 9.77. The molecular weight excluding hydrogens is 707 g/mol. The first-order valence-electron chi connectivity index (χ1n) is 19.9. The average molecular weight is 740 g/mol. The molecule has 270 valence electrons. The summed E-state index contributed by atoms with van der Waals surface area (Å²) in [5, 5.41) is 9.48. The molecule has 4 nitrogen and oxygen atoms in total. The summed E-state index contributed by atoms with van der Waals surface area (Å²) in [4.78, 5) is 0. The first kappa shape index (κ1) is 31.4. The molecular formula is C54H33N3O. The van der Waals surface area contributed by atoms with Gasteiger partial charge in [-0.15, -0.1) is 0 Å². The normalized spacial score (nSPS) is 12.1. The van der Waals surface area contributed by atoms with Crippen LogP contribution in [0.1, 0.15) is 0 Å². The number of hydrogen-bond acceptors (Lipinski definition) is 1. The van der Waals surface area contributed by atoms with Gasteiger partial charge in [0.25, 0.3) is 0 Å². The summed E-state index contributed by atoms with van der Waals surface area (Å²) in [6, 6.07) is 72.4. The summed E-state index contributed by atoms with van der Waals surface area (Å²) in [5.41, 5.74) is 14.5. The summed E-state index contributed by atoms with van der Waals surface area (Å²) in [6.07, 6.45) is 0. The largest absolute Gasteiger partial charge is 0.455 e. The molecule has 0 N–H and O–H groups in total. The molecule has 0 atom stereocenters. The van der Waals surface area contributed by atoms with E-state index in [0.29, 0.717) is 0 Å². The van der Waals surface area contributed by atoms with Crippen LogP contribution in [0.5, 0.6) is 0 Å². The molecule has 13 rings (SSSR count). The van der Waals surface area contributed by atoms with E-state index in [2.05, 4.69) is 214 Å². The van der Waals surface area contributed by atoms with Crippen LogP contribution in [-0.4, -0.2) is 13.7 Å². The number of aromatic nitrogens is 3. The monoisotopic (exact) mass is 739 g/mol. The van der Waals surface area contributed by atoms with E-state index in [9.17, 15) is 0 Å². The Morgan fingerprint density at radius 3 is 1.45 bits per heavy atom. The number of rotatable bonds is 4.